The molecule has 1 aliphatic rings. The van der Waals surface area contributed by atoms with Crippen LogP contribution in [0.15, 0.2) is 48.8 Å². The summed E-state index contributed by atoms with van der Waals surface area (Å²) < 4.78 is 5.78. The molecule has 1 aliphatic heterocycles. The lowest BCUT2D eigenvalue weighted by atomic mass is 10.1. The molecule has 0 atom stereocenters. The van der Waals surface area contributed by atoms with E-state index in [9.17, 15) is 0 Å². The van der Waals surface area contributed by atoms with Crippen LogP contribution in [-0.2, 0) is 6.42 Å². The molecule has 0 aliphatic carbocycles. The van der Waals surface area contributed by atoms with Crippen molar-refractivity contribution in [3.63, 3.8) is 0 Å². The first kappa shape index (κ1) is 12.0. The van der Waals surface area contributed by atoms with Crippen LogP contribution in [0.3, 0.4) is 0 Å². The predicted octanol–water partition coefficient (Wildman–Crippen LogP) is 2.54. The van der Waals surface area contributed by atoms with Crippen molar-refractivity contribution in [1.29, 1.82) is 0 Å². The summed E-state index contributed by atoms with van der Waals surface area (Å²) in [6.07, 6.45) is 4.31. The maximum atomic E-state index is 5.78. The molecule has 4 rings (SSSR count). The van der Waals surface area contributed by atoms with Crippen LogP contribution < -0.4 is 4.74 Å². The first-order chi connectivity index (χ1) is 10.4. The number of hydrogen-bond donors (Lipinski definition) is 0. The minimum absolute atomic E-state index is 0.641. The van der Waals surface area contributed by atoms with Crippen molar-refractivity contribution < 1.29 is 4.74 Å². The summed E-state index contributed by atoms with van der Waals surface area (Å²) in [5.74, 6) is 0.782. The van der Waals surface area contributed by atoms with Gasteiger partial charge in [-0.05, 0) is 24.3 Å². The van der Waals surface area contributed by atoms with Crippen molar-refractivity contribution in [2.24, 2.45) is 0 Å². The highest BCUT2D eigenvalue weighted by Gasteiger charge is 2.25. The smallest absolute Gasteiger partial charge is 0.154 e. The largest absolute Gasteiger partial charge is 0.490 e. The summed E-state index contributed by atoms with van der Waals surface area (Å²) >= 11 is 0. The van der Waals surface area contributed by atoms with E-state index in [0.29, 0.717) is 12.3 Å². The fraction of sp³-hybridized carbons (Fsp3) is 0.125. The molecule has 0 saturated heterocycles. The van der Waals surface area contributed by atoms with Crippen molar-refractivity contribution >= 4 is 0 Å². The SMILES string of the molecule is c1ccc(-c2nnc(-c3ccccn3)c3c2CCO3)nc1. The molecule has 0 saturated carbocycles. The lowest BCUT2D eigenvalue weighted by Crippen LogP contribution is -1.99. The van der Waals surface area contributed by atoms with E-state index in [1.807, 2.05) is 36.4 Å². The van der Waals surface area contributed by atoms with E-state index >= 15 is 0 Å². The predicted molar refractivity (Wildman–Crippen MR) is 77.7 cm³/mol. The Labute approximate surface area is 121 Å². The van der Waals surface area contributed by atoms with E-state index in [0.717, 1.165) is 34.8 Å². The molecule has 5 nitrogen and oxygen atoms in total. The lowest BCUT2D eigenvalue weighted by molar-refractivity contribution is 0.356. The zero-order valence-electron chi connectivity index (χ0n) is 11.2. The molecule has 4 heterocycles. The summed E-state index contributed by atoms with van der Waals surface area (Å²) in [5.41, 5.74) is 4.14. The summed E-state index contributed by atoms with van der Waals surface area (Å²) in [6.45, 7) is 0.641. The first-order valence-corrected chi connectivity index (χ1v) is 6.78. The highest BCUT2D eigenvalue weighted by Crippen LogP contribution is 2.38. The van der Waals surface area contributed by atoms with Crippen LogP contribution in [0.1, 0.15) is 5.56 Å². The van der Waals surface area contributed by atoms with E-state index in [4.69, 9.17) is 4.74 Å². The number of nitrogens with zero attached hydrogens (tertiary/aromatic N) is 4. The van der Waals surface area contributed by atoms with Crippen molar-refractivity contribution in [2.45, 2.75) is 6.42 Å². The van der Waals surface area contributed by atoms with Gasteiger partial charge < -0.3 is 4.74 Å². The Hall–Kier alpha value is -2.82. The summed E-state index contributed by atoms with van der Waals surface area (Å²) in [6, 6.07) is 11.5. The number of aromatic nitrogens is 4. The van der Waals surface area contributed by atoms with Crippen molar-refractivity contribution in [3.8, 4) is 28.5 Å². The van der Waals surface area contributed by atoms with Gasteiger partial charge >= 0.3 is 0 Å². The van der Waals surface area contributed by atoms with Crippen LogP contribution in [0.5, 0.6) is 5.75 Å². The van der Waals surface area contributed by atoms with Crippen molar-refractivity contribution in [3.05, 3.63) is 54.4 Å². The molecule has 102 valence electrons. The van der Waals surface area contributed by atoms with Gasteiger partial charge in [-0.15, -0.1) is 10.2 Å². The lowest BCUT2D eigenvalue weighted by Gasteiger charge is -2.08. The van der Waals surface area contributed by atoms with Crippen LogP contribution in [0.4, 0.5) is 0 Å². The van der Waals surface area contributed by atoms with E-state index in [-0.39, 0.29) is 0 Å². The van der Waals surface area contributed by atoms with Crippen LogP contribution in [0.25, 0.3) is 22.8 Å². The minimum Gasteiger partial charge on any atom is -0.490 e. The Bertz CT molecular complexity index is 709. The average molecular weight is 276 g/mol. The number of hydrogen-bond acceptors (Lipinski definition) is 5. The van der Waals surface area contributed by atoms with Crippen LogP contribution in [-0.4, -0.2) is 26.8 Å². The Morgan fingerprint density at radius 2 is 1.48 bits per heavy atom. The Morgan fingerprint density at radius 1 is 0.810 bits per heavy atom. The van der Waals surface area contributed by atoms with Gasteiger partial charge in [-0.1, -0.05) is 12.1 Å². The molecule has 3 aromatic heterocycles. The van der Waals surface area contributed by atoms with Gasteiger partial charge in [-0.25, -0.2) is 0 Å². The first-order valence-electron chi connectivity index (χ1n) is 6.78. The van der Waals surface area contributed by atoms with Gasteiger partial charge in [0.1, 0.15) is 5.69 Å². The van der Waals surface area contributed by atoms with Gasteiger partial charge in [0.15, 0.2) is 11.4 Å². The van der Waals surface area contributed by atoms with Crippen LogP contribution in [0, 0.1) is 0 Å². The molecule has 0 unspecified atom stereocenters. The molecule has 0 aromatic carbocycles. The molecule has 0 fully saturated rings. The number of pyridine rings is 2. The minimum atomic E-state index is 0.641. The second kappa shape index (κ2) is 4.94. The monoisotopic (exact) mass is 276 g/mol. The molecule has 21 heavy (non-hydrogen) atoms. The highest BCUT2D eigenvalue weighted by molar-refractivity contribution is 5.72. The molecule has 0 N–H and O–H groups in total. The van der Waals surface area contributed by atoms with Gasteiger partial charge in [0.25, 0.3) is 0 Å². The normalized spacial score (nSPS) is 12.8. The fourth-order valence-electron chi connectivity index (χ4n) is 2.48. The van der Waals surface area contributed by atoms with Crippen LogP contribution in [0.2, 0.25) is 0 Å². The molecular weight excluding hydrogens is 264 g/mol. The number of fused-ring (bicyclic) bond motifs is 1. The molecule has 0 amide bonds. The van der Waals surface area contributed by atoms with Crippen molar-refractivity contribution in [2.75, 3.05) is 6.61 Å². The van der Waals surface area contributed by atoms with E-state index < -0.39 is 0 Å². The number of rotatable bonds is 2. The zero-order chi connectivity index (χ0) is 14.1. The van der Waals surface area contributed by atoms with Crippen LogP contribution >= 0.6 is 0 Å². The molecule has 0 bridgehead atoms. The maximum Gasteiger partial charge on any atom is 0.154 e. The maximum absolute atomic E-state index is 5.78. The molecular formula is C16H12N4O. The average Bonchev–Trinajstić information content (AvgIpc) is 3.05. The number of ether oxygens (including phenoxy) is 1. The molecule has 5 heteroatoms. The Kier molecular flexibility index (Phi) is 2.81. The summed E-state index contributed by atoms with van der Waals surface area (Å²) in [5, 5.41) is 8.68. The zero-order valence-corrected chi connectivity index (χ0v) is 11.2. The topological polar surface area (TPSA) is 60.8 Å². The summed E-state index contributed by atoms with van der Waals surface area (Å²) in [7, 11) is 0. The third-order valence-corrected chi connectivity index (χ3v) is 3.44. The highest BCUT2D eigenvalue weighted by atomic mass is 16.5. The van der Waals surface area contributed by atoms with Crippen molar-refractivity contribution in [1.82, 2.24) is 20.2 Å². The third kappa shape index (κ3) is 2.03. The Morgan fingerprint density at radius 3 is 2.14 bits per heavy atom. The van der Waals surface area contributed by atoms with Gasteiger partial charge in [0.2, 0.25) is 0 Å². The van der Waals surface area contributed by atoms with Gasteiger partial charge in [-0.3, -0.25) is 9.97 Å². The van der Waals surface area contributed by atoms with E-state index in [2.05, 4.69) is 20.2 Å². The third-order valence-electron chi connectivity index (χ3n) is 3.44. The second-order valence-electron chi connectivity index (χ2n) is 4.73. The van der Waals surface area contributed by atoms with E-state index in [1.165, 1.54) is 0 Å². The fourth-order valence-corrected chi connectivity index (χ4v) is 2.48. The van der Waals surface area contributed by atoms with Gasteiger partial charge in [0, 0.05) is 24.4 Å². The quantitative estimate of drug-likeness (QED) is 0.719. The van der Waals surface area contributed by atoms with Gasteiger partial charge in [-0.2, -0.15) is 0 Å². The standard InChI is InChI=1S/C16H12N4O/c1-3-8-17-12(5-1)14-11-7-10-21-16(11)15(20-19-14)13-6-2-4-9-18-13/h1-6,8-9H,7,10H2. The Balaban J connectivity index is 1.90. The second-order valence-corrected chi connectivity index (χ2v) is 4.73. The van der Waals surface area contributed by atoms with E-state index in [1.54, 1.807) is 12.4 Å². The summed E-state index contributed by atoms with van der Waals surface area (Å²) in [4.78, 5) is 8.69. The van der Waals surface area contributed by atoms with Gasteiger partial charge in [0.05, 0.1) is 18.0 Å². The molecule has 0 spiro atoms. The molecule has 3 aromatic rings. The molecule has 0 radical (unpaired) electrons.